The summed E-state index contributed by atoms with van der Waals surface area (Å²) in [5.74, 6) is 1.45. The van der Waals surface area contributed by atoms with E-state index in [0.717, 1.165) is 35.4 Å². The van der Waals surface area contributed by atoms with Crippen LogP contribution in [0.2, 0.25) is 0 Å². The van der Waals surface area contributed by atoms with Gasteiger partial charge in [0.05, 0.1) is 11.7 Å². The average Bonchev–Trinajstić information content (AvgIpc) is 3.39. The summed E-state index contributed by atoms with van der Waals surface area (Å²) in [5.41, 5.74) is 2.88. The van der Waals surface area contributed by atoms with Crippen LogP contribution in [-0.4, -0.2) is 25.6 Å². The fourth-order valence-corrected chi connectivity index (χ4v) is 4.84. The molecule has 1 unspecified atom stereocenters. The second-order valence-corrected chi connectivity index (χ2v) is 10.1. The molecule has 1 saturated carbocycles. The Morgan fingerprint density at radius 2 is 2.03 bits per heavy atom. The maximum absolute atomic E-state index is 13.3. The van der Waals surface area contributed by atoms with Crippen molar-refractivity contribution in [2.75, 3.05) is 0 Å². The predicted octanol–water partition coefficient (Wildman–Crippen LogP) is 4.60. The van der Waals surface area contributed by atoms with E-state index in [4.69, 9.17) is 4.52 Å². The zero-order chi connectivity index (χ0) is 23.8. The number of aromatic nitrogens is 4. The van der Waals surface area contributed by atoms with E-state index in [1.807, 2.05) is 50.4 Å². The number of fused-ring (bicyclic) bond motifs is 1. The van der Waals surface area contributed by atoms with Gasteiger partial charge in [0.15, 0.2) is 5.82 Å². The summed E-state index contributed by atoms with van der Waals surface area (Å²) < 4.78 is 6.94. The topological polar surface area (TPSA) is 103 Å². The molecule has 0 saturated heterocycles. The number of nitrogens with zero attached hydrogens (tertiary/aromatic N) is 4. The van der Waals surface area contributed by atoms with Crippen molar-refractivity contribution in [3.63, 3.8) is 0 Å². The monoisotopic (exact) mass is 477 g/mol. The van der Waals surface area contributed by atoms with Gasteiger partial charge in [-0.05, 0) is 31.2 Å². The van der Waals surface area contributed by atoms with Gasteiger partial charge in [-0.1, -0.05) is 48.8 Å². The molecule has 1 N–H and O–H groups in total. The molecule has 1 atom stereocenters. The third-order valence-corrected chi connectivity index (χ3v) is 7.04. The van der Waals surface area contributed by atoms with E-state index in [1.165, 1.54) is 22.2 Å². The maximum Gasteiger partial charge on any atom is 0.262 e. The van der Waals surface area contributed by atoms with E-state index in [1.54, 1.807) is 0 Å². The van der Waals surface area contributed by atoms with Crippen LogP contribution in [0.5, 0.6) is 0 Å². The molecule has 9 heteroatoms. The summed E-state index contributed by atoms with van der Waals surface area (Å²) in [6, 6.07) is 7.72. The lowest BCUT2D eigenvalue weighted by atomic mass is 10.0. The van der Waals surface area contributed by atoms with E-state index in [2.05, 4.69) is 20.4 Å². The Kier molecular flexibility index (Phi) is 6.03. The Hall–Kier alpha value is -3.33. The van der Waals surface area contributed by atoms with Gasteiger partial charge < -0.3 is 9.84 Å². The first-order valence-electron chi connectivity index (χ1n) is 11.6. The van der Waals surface area contributed by atoms with Crippen molar-refractivity contribution >= 4 is 27.5 Å². The van der Waals surface area contributed by atoms with E-state index in [-0.39, 0.29) is 36.4 Å². The number of nitrogens with one attached hydrogen (secondary N) is 1. The third-order valence-electron chi connectivity index (χ3n) is 6.15. The molecule has 0 aliphatic heterocycles. The van der Waals surface area contributed by atoms with E-state index < -0.39 is 0 Å². The number of aryl methyl sites for hydroxylation is 2. The zero-order valence-corrected chi connectivity index (χ0v) is 20.3. The number of amides is 1. The normalized spacial score (nSPS) is 14.6. The molecule has 1 aliphatic carbocycles. The summed E-state index contributed by atoms with van der Waals surface area (Å²) in [5, 5.41) is 9.63. The highest BCUT2D eigenvalue weighted by Gasteiger charge is 2.31. The number of thiophene rings is 1. The lowest BCUT2D eigenvalue weighted by molar-refractivity contribution is -0.122. The van der Waals surface area contributed by atoms with Gasteiger partial charge in [-0.15, -0.1) is 11.3 Å². The fraction of sp³-hybridized carbons (Fsp3) is 0.400. The average molecular weight is 478 g/mol. The van der Waals surface area contributed by atoms with Gasteiger partial charge in [0.2, 0.25) is 11.8 Å². The molecule has 0 bridgehead atoms. The second-order valence-electron chi connectivity index (χ2n) is 9.24. The number of carbonyl (C=O) groups excluding carboxylic acids is 1. The molecule has 1 amide bonds. The first-order valence-corrected chi connectivity index (χ1v) is 12.4. The van der Waals surface area contributed by atoms with E-state index in [9.17, 15) is 9.59 Å². The highest BCUT2D eigenvalue weighted by Crippen LogP contribution is 2.38. The number of benzene rings is 1. The lowest BCUT2D eigenvalue weighted by Crippen LogP contribution is -2.33. The molecule has 1 aromatic carbocycles. The van der Waals surface area contributed by atoms with Gasteiger partial charge in [0.25, 0.3) is 5.56 Å². The van der Waals surface area contributed by atoms with Crippen LogP contribution in [0.15, 0.2) is 45.3 Å². The Morgan fingerprint density at radius 3 is 2.74 bits per heavy atom. The molecule has 3 aromatic heterocycles. The van der Waals surface area contributed by atoms with Gasteiger partial charge in [0, 0.05) is 29.8 Å². The molecule has 4 aromatic rings. The molecule has 0 radical (unpaired) electrons. The van der Waals surface area contributed by atoms with Crippen molar-refractivity contribution in [3.8, 4) is 11.1 Å². The quantitative estimate of drug-likeness (QED) is 0.398. The Labute approximate surface area is 201 Å². The Bertz CT molecular complexity index is 1380. The minimum Gasteiger partial charge on any atom is -0.344 e. The molecular weight excluding hydrogens is 450 g/mol. The van der Waals surface area contributed by atoms with Crippen LogP contribution in [0.3, 0.4) is 0 Å². The highest BCUT2D eigenvalue weighted by atomic mass is 32.1. The first kappa shape index (κ1) is 22.5. The number of hydrogen-bond acceptors (Lipinski definition) is 7. The maximum atomic E-state index is 13.3. The highest BCUT2D eigenvalue weighted by molar-refractivity contribution is 7.17. The van der Waals surface area contributed by atoms with Gasteiger partial charge in [-0.25, -0.2) is 4.98 Å². The molecular formula is C25H27N5O3S. The second kappa shape index (κ2) is 9.13. The van der Waals surface area contributed by atoms with Crippen molar-refractivity contribution in [2.24, 2.45) is 5.92 Å². The van der Waals surface area contributed by atoms with Gasteiger partial charge in [-0.3, -0.25) is 14.2 Å². The van der Waals surface area contributed by atoms with E-state index in [0.29, 0.717) is 22.0 Å². The standard InChI is InChI=1S/C25H27N5O3S/c1-14(2)21(23-28-22(29-33-23)17-8-9-17)27-19(31)10-11-30-13-26-24-20(25(30)32)18(12-34-24)16-6-4-15(3)5-7-16/h4-7,12-14,17,21H,8-11H2,1-3H3,(H,27,31). The van der Waals surface area contributed by atoms with Crippen molar-refractivity contribution in [1.82, 2.24) is 25.0 Å². The summed E-state index contributed by atoms with van der Waals surface area (Å²) in [6.45, 7) is 6.26. The van der Waals surface area contributed by atoms with Crippen molar-refractivity contribution in [2.45, 2.75) is 58.5 Å². The SMILES string of the molecule is Cc1ccc(-c2csc3ncn(CCC(=O)NC(c4nc(C5CC5)no4)C(C)C)c(=O)c23)cc1. The van der Waals surface area contributed by atoms with Crippen LogP contribution < -0.4 is 10.9 Å². The van der Waals surface area contributed by atoms with Crippen molar-refractivity contribution < 1.29 is 9.32 Å². The van der Waals surface area contributed by atoms with Crippen LogP contribution in [0.4, 0.5) is 0 Å². The number of carbonyl (C=O) groups is 1. The van der Waals surface area contributed by atoms with Crippen molar-refractivity contribution in [1.29, 1.82) is 0 Å². The van der Waals surface area contributed by atoms with Crippen LogP contribution in [0.1, 0.15) is 62.3 Å². The molecule has 0 spiro atoms. The van der Waals surface area contributed by atoms with Gasteiger partial charge in [0.1, 0.15) is 10.9 Å². The molecule has 34 heavy (non-hydrogen) atoms. The lowest BCUT2D eigenvalue weighted by Gasteiger charge is -2.18. The Morgan fingerprint density at radius 1 is 1.26 bits per heavy atom. The number of hydrogen-bond donors (Lipinski definition) is 1. The van der Waals surface area contributed by atoms with Gasteiger partial charge >= 0.3 is 0 Å². The molecule has 8 nitrogen and oxygen atoms in total. The largest absolute Gasteiger partial charge is 0.344 e. The summed E-state index contributed by atoms with van der Waals surface area (Å²) in [7, 11) is 0. The first-order chi connectivity index (χ1) is 16.4. The van der Waals surface area contributed by atoms with Crippen LogP contribution in [-0.2, 0) is 11.3 Å². The third kappa shape index (κ3) is 4.52. The zero-order valence-electron chi connectivity index (χ0n) is 19.4. The molecule has 176 valence electrons. The fourth-order valence-electron chi connectivity index (χ4n) is 3.93. The molecule has 3 heterocycles. The van der Waals surface area contributed by atoms with Crippen LogP contribution in [0, 0.1) is 12.8 Å². The van der Waals surface area contributed by atoms with Crippen LogP contribution >= 0.6 is 11.3 Å². The van der Waals surface area contributed by atoms with Crippen molar-refractivity contribution in [3.05, 3.63) is 63.6 Å². The molecule has 5 rings (SSSR count). The smallest absolute Gasteiger partial charge is 0.262 e. The number of rotatable bonds is 8. The molecule has 1 aliphatic rings. The molecule has 1 fully saturated rings. The minimum absolute atomic E-state index is 0.0834. The summed E-state index contributed by atoms with van der Waals surface area (Å²) >= 11 is 1.45. The summed E-state index contributed by atoms with van der Waals surface area (Å²) in [6.07, 6.45) is 3.83. The summed E-state index contributed by atoms with van der Waals surface area (Å²) in [4.78, 5) is 35.7. The minimum atomic E-state index is -0.366. The van der Waals surface area contributed by atoms with E-state index >= 15 is 0 Å². The Balaban J connectivity index is 1.31. The van der Waals surface area contributed by atoms with Gasteiger partial charge in [-0.2, -0.15) is 4.98 Å². The predicted molar refractivity (Wildman–Crippen MR) is 131 cm³/mol. The van der Waals surface area contributed by atoms with Crippen LogP contribution in [0.25, 0.3) is 21.3 Å².